The molecule has 2 heterocycles. The first-order valence-electron chi connectivity index (χ1n) is 10.9. The predicted octanol–water partition coefficient (Wildman–Crippen LogP) is 5.80. The van der Waals surface area contributed by atoms with Gasteiger partial charge >= 0.3 is 6.36 Å². The topological polar surface area (TPSA) is 66.8 Å². The van der Waals surface area contributed by atoms with Crippen LogP contribution in [-0.4, -0.2) is 35.3 Å². The molecule has 1 amide bonds. The second-order valence-corrected chi connectivity index (χ2v) is 9.53. The molecule has 0 radical (unpaired) electrons. The third-order valence-corrected chi connectivity index (χ3v) is 6.45. The van der Waals surface area contributed by atoms with Gasteiger partial charge in [-0.3, -0.25) is 14.5 Å². The maximum absolute atomic E-state index is 13.4. The highest BCUT2D eigenvalue weighted by molar-refractivity contribution is 7.10. The molecule has 35 heavy (non-hydrogen) atoms. The minimum Gasteiger partial charge on any atom is -0.408 e. The average Bonchev–Trinajstić information content (AvgIpc) is 3.33. The SMILES string of the molecule is C=C/C=C\C=C(/OC(F)(F)F)C1C(C(=O)C(C)C)C(O)C(=O)N1c1ccc(-c2csc(C)c2)cc1. The molecule has 1 aliphatic rings. The third-order valence-electron chi connectivity index (χ3n) is 5.59. The van der Waals surface area contributed by atoms with Crippen molar-refractivity contribution in [2.24, 2.45) is 11.8 Å². The fourth-order valence-corrected chi connectivity index (χ4v) is 4.73. The van der Waals surface area contributed by atoms with Gasteiger partial charge in [-0.1, -0.05) is 50.8 Å². The van der Waals surface area contributed by atoms with Gasteiger partial charge in [0.1, 0.15) is 23.7 Å². The number of amides is 1. The number of nitrogens with zero attached hydrogens (tertiary/aromatic N) is 1. The van der Waals surface area contributed by atoms with Gasteiger partial charge in [-0.15, -0.1) is 24.5 Å². The van der Waals surface area contributed by atoms with Crippen LogP contribution in [0.3, 0.4) is 0 Å². The number of allylic oxidation sites excluding steroid dienone is 4. The quantitative estimate of drug-likeness (QED) is 0.364. The standard InChI is InChI=1S/C26H26F3NO4S/c1-5-6-7-8-20(34-26(27,28)29)22-21(23(31)15(2)3)24(32)25(33)30(22)19-11-9-17(10-12-19)18-13-16(4)35-14-18/h5-15,21-22,24,32H,1H2,2-4H3/b7-6-,20-8-. The van der Waals surface area contributed by atoms with Crippen molar-refractivity contribution in [2.75, 3.05) is 4.90 Å². The fraction of sp³-hybridized carbons (Fsp3) is 0.308. The summed E-state index contributed by atoms with van der Waals surface area (Å²) in [6.07, 6.45) is -1.87. The summed E-state index contributed by atoms with van der Waals surface area (Å²) >= 11 is 1.58. The van der Waals surface area contributed by atoms with Gasteiger partial charge in [0.25, 0.3) is 5.91 Å². The Bertz CT molecular complexity index is 1150. The summed E-state index contributed by atoms with van der Waals surface area (Å²) in [4.78, 5) is 28.3. The zero-order valence-electron chi connectivity index (χ0n) is 19.5. The molecule has 3 unspecified atom stereocenters. The number of benzene rings is 1. The normalized spacial score (nSPS) is 21.3. The third kappa shape index (κ3) is 5.91. The van der Waals surface area contributed by atoms with E-state index in [9.17, 15) is 27.9 Å². The Labute approximate surface area is 205 Å². The molecule has 1 saturated heterocycles. The Morgan fingerprint density at radius 1 is 1.20 bits per heavy atom. The Hall–Kier alpha value is -3.17. The maximum Gasteiger partial charge on any atom is 0.572 e. The van der Waals surface area contributed by atoms with Crippen molar-refractivity contribution in [2.45, 2.75) is 39.3 Å². The molecule has 0 saturated carbocycles. The number of aliphatic hydroxyl groups excluding tert-OH is 1. The smallest absolute Gasteiger partial charge is 0.408 e. The molecule has 3 rings (SSSR count). The fourth-order valence-electron chi connectivity index (χ4n) is 4.02. The van der Waals surface area contributed by atoms with Crippen molar-refractivity contribution in [1.29, 1.82) is 0 Å². The van der Waals surface area contributed by atoms with Crippen LogP contribution in [0.5, 0.6) is 0 Å². The molecule has 0 bridgehead atoms. The number of rotatable bonds is 8. The number of thiophene rings is 1. The van der Waals surface area contributed by atoms with Crippen LogP contribution in [-0.2, 0) is 14.3 Å². The molecule has 5 nitrogen and oxygen atoms in total. The molecule has 1 aromatic carbocycles. The van der Waals surface area contributed by atoms with E-state index in [1.54, 1.807) is 49.4 Å². The zero-order chi connectivity index (χ0) is 25.9. The van der Waals surface area contributed by atoms with Crippen molar-refractivity contribution in [3.63, 3.8) is 0 Å². The number of hydrogen-bond donors (Lipinski definition) is 1. The van der Waals surface area contributed by atoms with Crippen LogP contribution in [0.15, 0.2) is 72.4 Å². The minimum atomic E-state index is -5.08. The molecule has 1 N–H and O–H groups in total. The van der Waals surface area contributed by atoms with Crippen molar-refractivity contribution in [1.82, 2.24) is 0 Å². The van der Waals surface area contributed by atoms with E-state index in [4.69, 9.17) is 0 Å². The van der Waals surface area contributed by atoms with Crippen LogP contribution in [0.4, 0.5) is 18.9 Å². The Kier molecular flexibility index (Phi) is 8.02. The highest BCUT2D eigenvalue weighted by Crippen LogP contribution is 2.40. The first-order valence-corrected chi connectivity index (χ1v) is 11.8. The molecule has 3 atom stereocenters. The van der Waals surface area contributed by atoms with E-state index in [0.717, 1.165) is 27.0 Å². The summed E-state index contributed by atoms with van der Waals surface area (Å²) in [5.41, 5.74) is 2.05. The van der Waals surface area contributed by atoms with Crippen LogP contribution in [0.25, 0.3) is 11.1 Å². The summed E-state index contributed by atoms with van der Waals surface area (Å²) in [6.45, 7) is 8.57. The molecule has 0 spiro atoms. The summed E-state index contributed by atoms with van der Waals surface area (Å²) in [5, 5.41) is 12.7. The van der Waals surface area contributed by atoms with Crippen LogP contribution in [0.1, 0.15) is 18.7 Å². The lowest BCUT2D eigenvalue weighted by atomic mass is 9.86. The second kappa shape index (κ2) is 10.6. The highest BCUT2D eigenvalue weighted by Gasteiger charge is 2.55. The highest BCUT2D eigenvalue weighted by atomic mass is 32.1. The number of carbonyl (C=O) groups excluding carboxylic acids is 2. The van der Waals surface area contributed by atoms with Crippen LogP contribution in [0, 0.1) is 18.8 Å². The van der Waals surface area contributed by atoms with E-state index in [1.165, 1.54) is 18.2 Å². The minimum absolute atomic E-state index is 0.234. The number of Topliss-reactive ketones (excluding diaryl/α,β-unsaturated/α-hetero) is 1. The number of ether oxygens (including phenoxy) is 1. The summed E-state index contributed by atoms with van der Waals surface area (Å²) in [7, 11) is 0. The Morgan fingerprint density at radius 2 is 1.86 bits per heavy atom. The van der Waals surface area contributed by atoms with Crippen molar-refractivity contribution < 1.29 is 32.6 Å². The number of aryl methyl sites for hydroxylation is 1. The Morgan fingerprint density at radius 3 is 2.37 bits per heavy atom. The predicted molar refractivity (Wildman–Crippen MR) is 130 cm³/mol. The molecular weight excluding hydrogens is 479 g/mol. The van der Waals surface area contributed by atoms with Crippen molar-refractivity contribution in [3.05, 3.63) is 77.2 Å². The van der Waals surface area contributed by atoms with Gasteiger partial charge in [0.05, 0.1) is 5.92 Å². The molecule has 1 aromatic heterocycles. The van der Waals surface area contributed by atoms with Crippen molar-refractivity contribution >= 4 is 28.7 Å². The van der Waals surface area contributed by atoms with Gasteiger partial charge in [-0.05, 0) is 47.7 Å². The Balaban J connectivity index is 2.13. The van der Waals surface area contributed by atoms with E-state index in [1.807, 2.05) is 18.4 Å². The first kappa shape index (κ1) is 26.4. The summed E-state index contributed by atoms with van der Waals surface area (Å²) in [6, 6.07) is 7.11. The van der Waals surface area contributed by atoms with Gasteiger partial charge in [0.15, 0.2) is 0 Å². The molecule has 1 aliphatic heterocycles. The number of anilines is 1. The number of alkyl halides is 3. The van der Waals surface area contributed by atoms with E-state index in [2.05, 4.69) is 11.3 Å². The monoisotopic (exact) mass is 505 g/mol. The number of halogens is 3. The molecule has 1 fully saturated rings. The molecule has 0 aliphatic carbocycles. The van der Waals surface area contributed by atoms with E-state index in [0.29, 0.717) is 0 Å². The lowest BCUT2D eigenvalue weighted by molar-refractivity contribution is -0.307. The average molecular weight is 506 g/mol. The van der Waals surface area contributed by atoms with Gasteiger partial charge in [0, 0.05) is 16.5 Å². The summed E-state index contributed by atoms with van der Waals surface area (Å²) in [5.74, 6) is -4.19. The van der Waals surface area contributed by atoms with Crippen LogP contribution < -0.4 is 4.90 Å². The lowest BCUT2D eigenvalue weighted by Crippen LogP contribution is -2.42. The largest absolute Gasteiger partial charge is 0.572 e. The van der Waals surface area contributed by atoms with Crippen molar-refractivity contribution in [3.8, 4) is 11.1 Å². The zero-order valence-corrected chi connectivity index (χ0v) is 20.3. The van der Waals surface area contributed by atoms with E-state index < -0.39 is 47.8 Å². The first-order chi connectivity index (χ1) is 16.4. The number of carbonyl (C=O) groups is 2. The number of ketones is 1. The van der Waals surface area contributed by atoms with Crippen LogP contribution in [0.2, 0.25) is 0 Å². The van der Waals surface area contributed by atoms with Crippen LogP contribution >= 0.6 is 11.3 Å². The molecule has 2 aromatic rings. The maximum atomic E-state index is 13.4. The van der Waals surface area contributed by atoms with Gasteiger partial charge in [0.2, 0.25) is 0 Å². The number of hydrogen-bond acceptors (Lipinski definition) is 5. The van der Waals surface area contributed by atoms with E-state index in [-0.39, 0.29) is 5.69 Å². The molecule has 9 heteroatoms. The lowest BCUT2D eigenvalue weighted by Gasteiger charge is -2.30. The molecular formula is C26H26F3NO4S. The van der Waals surface area contributed by atoms with Gasteiger partial charge in [-0.25, -0.2) is 0 Å². The summed E-state index contributed by atoms with van der Waals surface area (Å²) < 4.78 is 44.4. The number of aliphatic hydroxyl groups is 1. The van der Waals surface area contributed by atoms with Gasteiger partial charge < -0.3 is 9.84 Å². The molecule has 186 valence electrons. The second-order valence-electron chi connectivity index (χ2n) is 8.41. The van der Waals surface area contributed by atoms with Gasteiger partial charge in [-0.2, -0.15) is 0 Å². The van der Waals surface area contributed by atoms with E-state index >= 15 is 0 Å².